The summed E-state index contributed by atoms with van der Waals surface area (Å²) in [5.41, 5.74) is 0.959. The number of benzene rings is 1. The van der Waals surface area contributed by atoms with Crippen LogP contribution < -0.4 is 10.6 Å². The average molecular weight is 315 g/mol. The fourth-order valence-electron chi connectivity index (χ4n) is 3.48. The molecule has 5 heteroatoms. The van der Waals surface area contributed by atoms with Gasteiger partial charge < -0.3 is 15.5 Å². The number of anilines is 1. The predicted octanol–water partition coefficient (Wildman–Crippen LogP) is 2.15. The number of amides is 2. The van der Waals surface area contributed by atoms with Crippen LogP contribution in [0, 0.1) is 0 Å². The maximum atomic E-state index is 13.0. The fraction of sp³-hybridized carbons (Fsp3) is 0.556. The molecule has 0 spiro atoms. The van der Waals surface area contributed by atoms with Gasteiger partial charge in [-0.05, 0) is 37.8 Å². The van der Waals surface area contributed by atoms with E-state index < -0.39 is 0 Å². The molecule has 0 aliphatic carbocycles. The second-order valence-corrected chi connectivity index (χ2v) is 6.39. The molecule has 2 N–H and O–H groups in total. The Bertz CT molecular complexity index is 546. The van der Waals surface area contributed by atoms with Crippen LogP contribution in [-0.2, 0) is 9.59 Å². The molecule has 0 aromatic heterocycles. The molecule has 0 unspecified atom stereocenters. The standard InChI is InChI=1S/C18H25N3O2/c22-17-16-11-7-13-21(16)18(23)15(10-5-2-6-12-19-17)20-14-8-3-1-4-9-14/h1,3-4,8-9,15-16,20H,2,5-7,10-13H2,(H,19,22)/t15-,16-/m0/s1. The third kappa shape index (κ3) is 3.84. The lowest BCUT2D eigenvalue weighted by atomic mass is 10.1. The van der Waals surface area contributed by atoms with Crippen LogP contribution in [0.2, 0.25) is 0 Å². The first-order valence-electron chi connectivity index (χ1n) is 8.65. The molecule has 2 aliphatic rings. The maximum Gasteiger partial charge on any atom is 0.245 e. The lowest BCUT2D eigenvalue weighted by molar-refractivity contribution is -0.139. The van der Waals surface area contributed by atoms with Gasteiger partial charge in [-0.3, -0.25) is 9.59 Å². The van der Waals surface area contributed by atoms with Crippen LogP contribution in [0.15, 0.2) is 30.3 Å². The normalized spacial score (nSPS) is 26.2. The summed E-state index contributed by atoms with van der Waals surface area (Å²) < 4.78 is 0. The zero-order chi connectivity index (χ0) is 16.1. The fourth-order valence-corrected chi connectivity index (χ4v) is 3.48. The Kier molecular flexibility index (Phi) is 5.16. The summed E-state index contributed by atoms with van der Waals surface area (Å²) in [6.45, 7) is 1.40. The van der Waals surface area contributed by atoms with Crippen LogP contribution in [0.25, 0.3) is 0 Å². The van der Waals surface area contributed by atoms with Gasteiger partial charge in [-0.15, -0.1) is 0 Å². The SMILES string of the molecule is O=C1NCCCCC[C@H](Nc2ccccc2)C(=O)N2CCC[C@@H]12. The topological polar surface area (TPSA) is 61.4 Å². The molecule has 1 aromatic rings. The number of nitrogens with zero attached hydrogens (tertiary/aromatic N) is 1. The lowest BCUT2D eigenvalue weighted by Crippen LogP contribution is -2.50. The summed E-state index contributed by atoms with van der Waals surface area (Å²) in [7, 11) is 0. The summed E-state index contributed by atoms with van der Waals surface area (Å²) in [4.78, 5) is 27.1. The van der Waals surface area contributed by atoms with Gasteiger partial charge in [0, 0.05) is 18.8 Å². The van der Waals surface area contributed by atoms with Gasteiger partial charge in [0.2, 0.25) is 11.8 Å². The van der Waals surface area contributed by atoms with Crippen molar-refractivity contribution in [3.05, 3.63) is 30.3 Å². The Morgan fingerprint density at radius 3 is 2.65 bits per heavy atom. The first kappa shape index (κ1) is 15.8. The molecule has 2 atom stereocenters. The van der Waals surface area contributed by atoms with Crippen molar-refractivity contribution in [3.63, 3.8) is 0 Å². The van der Waals surface area contributed by atoms with Crippen molar-refractivity contribution in [2.45, 2.75) is 50.6 Å². The highest BCUT2D eigenvalue weighted by Gasteiger charge is 2.37. The first-order valence-corrected chi connectivity index (χ1v) is 8.65. The van der Waals surface area contributed by atoms with E-state index >= 15 is 0 Å². The quantitative estimate of drug-likeness (QED) is 0.879. The second-order valence-electron chi connectivity index (χ2n) is 6.39. The largest absolute Gasteiger partial charge is 0.374 e. The summed E-state index contributed by atoms with van der Waals surface area (Å²) >= 11 is 0. The van der Waals surface area contributed by atoms with Crippen molar-refractivity contribution in [1.82, 2.24) is 10.2 Å². The van der Waals surface area contributed by atoms with Gasteiger partial charge in [-0.1, -0.05) is 31.0 Å². The van der Waals surface area contributed by atoms with Crippen LogP contribution in [0.1, 0.15) is 38.5 Å². The molecule has 1 aromatic carbocycles. The zero-order valence-electron chi connectivity index (χ0n) is 13.5. The summed E-state index contributed by atoms with van der Waals surface area (Å²) in [5, 5.41) is 6.35. The number of fused-ring (bicyclic) bond motifs is 1. The number of carbonyl (C=O) groups excluding carboxylic acids is 2. The highest BCUT2D eigenvalue weighted by Crippen LogP contribution is 2.22. The molecular formula is C18H25N3O2. The molecule has 2 fully saturated rings. The molecule has 2 amide bonds. The van der Waals surface area contributed by atoms with Gasteiger partial charge in [0.15, 0.2) is 0 Å². The van der Waals surface area contributed by atoms with Crippen molar-refractivity contribution in [2.75, 3.05) is 18.4 Å². The average Bonchev–Trinajstić information content (AvgIpc) is 3.05. The minimum Gasteiger partial charge on any atom is -0.374 e. The monoisotopic (exact) mass is 315 g/mol. The molecule has 2 aliphatic heterocycles. The van der Waals surface area contributed by atoms with Crippen molar-refractivity contribution >= 4 is 17.5 Å². The van der Waals surface area contributed by atoms with Crippen molar-refractivity contribution in [2.24, 2.45) is 0 Å². The van der Waals surface area contributed by atoms with Crippen LogP contribution >= 0.6 is 0 Å². The van der Waals surface area contributed by atoms with E-state index in [-0.39, 0.29) is 23.9 Å². The molecular weight excluding hydrogens is 290 g/mol. The number of para-hydroxylation sites is 1. The molecule has 5 nitrogen and oxygen atoms in total. The Morgan fingerprint density at radius 1 is 1.00 bits per heavy atom. The van der Waals surface area contributed by atoms with Gasteiger partial charge in [0.25, 0.3) is 0 Å². The first-order chi connectivity index (χ1) is 11.3. The van der Waals surface area contributed by atoms with E-state index in [9.17, 15) is 9.59 Å². The lowest BCUT2D eigenvalue weighted by Gasteiger charge is -2.28. The minimum absolute atomic E-state index is 0.0104. The summed E-state index contributed by atoms with van der Waals surface area (Å²) in [5.74, 6) is 0.0737. The van der Waals surface area contributed by atoms with Gasteiger partial charge in [-0.2, -0.15) is 0 Å². The number of nitrogens with one attached hydrogen (secondary N) is 2. The number of rotatable bonds is 2. The summed E-state index contributed by atoms with van der Waals surface area (Å²) in [6.07, 6.45) is 5.49. The molecule has 23 heavy (non-hydrogen) atoms. The van der Waals surface area contributed by atoms with Gasteiger partial charge in [0.1, 0.15) is 12.1 Å². The second kappa shape index (κ2) is 7.49. The van der Waals surface area contributed by atoms with Crippen LogP contribution in [0.5, 0.6) is 0 Å². The highest BCUT2D eigenvalue weighted by molar-refractivity contribution is 5.91. The van der Waals surface area contributed by atoms with Gasteiger partial charge in [0.05, 0.1) is 0 Å². The Labute approximate surface area is 137 Å². The number of hydrogen-bond donors (Lipinski definition) is 2. The molecule has 2 saturated heterocycles. The van der Waals surface area contributed by atoms with Crippen molar-refractivity contribution in [3.8, 4) is 0 Å². The zero-order valence-corrected chi connectivity index (χ0v) is 13.5. The van der Waals surface area contributed by atoms with E-state index in [0.717, 1.165) is 44.2 Å². The molecule has 124 valence electrons. The maximum absolute atomic E-state index is 13.0. The minimum atomic E-state index is -0.291. The van der Waals surface area contributed by atoms with Crippen LogP contribution in [-0.4, -0.2) is 41.9 Å². The molecule has 0 saturated carbocycles. The third-order valence-electron chi connectivity index (χ3n) is 4.72. The predicted molar refractivity (Wildman–Crippen MR) is 90.1 cm³/mol. The Morgan fingerprint density at radius 2 is 1.83 bits per heavy atom. The summed E-state index contributed by atoms with van der Waals surface area (Å²) in [6, 6.07) is 9.31. The Balaban J connectivity index is 1.78. The molecule has 0 radical (unpaired) electrons. The smallest absolute Gasteiger partial charge is 0.245 e. The van der Waals surface area contributed by atoms with Gasteiger partial charge in [-0.25, -0.2) is 0 Å². The van der Waals surface area contributed by atoms with Crippen LogP contribution in [0.4, 0.5) is 5.69 Å². The van der Waals surface area contributed by atoms with E-state index in [1.54, 1.807) is 4.90 Å². The Hall–Kier alpha value is -2.04. The molecule has 3 rings (SSSR count). The van der Waals surface area contributed by atoms with Crippen molar-refractivity contribution < 1.29 is 9.59 Å². The molecule has 0 bridgehead atoms. The molecule has 2 heterocycles. The van der Waals surface area contributed by atoms with E-state index in [0.29, 0.717) is 13.1 Å². The van der Waals surface area contributed by atoms with Crippen molar-refractivity contribution in [1.29, 1.82) is 0 Å². The van der Waals surface area contributed by atoms with E-state index in [1.807, 2.05) is 30.3 Å². The van der Waals surface area contributed by atoms with Crippen LogP contribution in [0.3, 0.4) is 0 Å². The van der Waals surface area contributed by atoms with E-state index in [1.165, 1.54) is 0 Å². The third-order valence-corrected chi connectivity index (χ3v) is 4.72. The van der Waals surface area contributed by atoms with E-state index in [4.69, 9.17) is 0 Å². The van der Waals surface area contributed by atoms with E-state index in [2.05, 4.69) is 10.6 Å². The number of hydrogen-bond acceptors (Lipinski definition) is 3. The number of carbonyl (C=O) groups is 2. The highest BCUT2D eigenvalue weighted by atomic mass is 16.2. The van der Waals surface area contributed by atoms with Gasteiger partial charge >= 0.3 is 0 Å².